The molecule has 0 fully saturated rings. The van der Waals surface area contributed by atoms with Gasteiger partial charge in [-0.1, -0.05) is 72.3 Å². The van der Waals surface area contributed by atoms with Gasteiger partial charge in [0, 0.05) is 16.1 Å². The van der Waals surface area contributed by atoms with E-state index in [1.165, 1.54) is 0 Å². The average molecular weight is 411 g/mol. The van der Waals surface area contributed by atoms with Gasteiger partial charge in [-0.25, -0.2) is 9.97 Å². The Morgan fingerprint density at radius 1 is 0.621 bits per heavy atom. The molecule has 0 amide bonds. The molecule has 0 unspecified atom stereocenters. The fourth-order valence-corrected chi connectivity index (χ4v) is 3.08. The van der Waals surface area contributed by atoms with Gasteiger partial charge < -0.3 is 0 Å². The summed E-state index contributed by atoms with van der Waals surface area (Å²) in [4.78, 5) is 8.19. The van der Waals surface area contributed by atoms with Crippen LogP contribution < -0.4 is 0 Å². The molecular weight excluding hydrogens is 397 g/mol. The van der Waals surface area contributed by atoms with Crippen molar-refractivity contribution in [3.05, 3.63) is 95.6 Å². The molecule has 0 aliphatic rings. The number of hydrogen-bond acceptors (Lipinski definition) is 2. The van der Waals surface area contributed by atoms with Crippen LogP contribution in [0.1, 0.15) is 5.69 Å². The van der Waals surface area contributed by atoms with Crippen molar-refractivity contribution in [3.8, 4) is 33.8 Å². The van der Waals surface area contributed by atoms with Crippen LogP contribution >= 0.6 is 11.6 Å². The van der Waals surface area contributed by atoms with Crippen molar-refractivity contribution in [1.82, 2.24) is 9.97 Å². The molecule has 6 heteroatoms. The minimum atomic E-state index is -4.59. The average Bonchev–Trinajstić information content (AvgIpc) is 2.74. The van der Waals surface area contributed by atoms with Gasteiger partial charge in [0.1, 0.15) is 5.69 Å². The van der Waals surface area contributed by atoms with Crippen molar-refractivity contribution in [2.24, 2.45) is 0 Å². The molecule has 0 N–H and O–H groups in total. The van der Waals surface area contributed by atoms with Crippen LogP contribution in [0, 0.1) is 0 Å². The zero-order chi connectivity index (χ0) is 20.4. The molecule has 0 bridgehead atoms. The largest absolute Gasteiger partial charge is 0.433 e. The molecule has 0 saturated heterocycles. The Hall–Kier alpha value is -3.18. The summed E-state index contributed by atoms with van der Waals surface area (Å²) in [5, 5.41) is 0.495. The molecule has 4 aromatic rings. The fourth-order valence-electron chi connectivity index (χ4n) is 2.96. The summed E-state index contributed by atoms with van der Waals surface area (Å²) in [6.45, 7) is 0. The lowest BCUT2D eigenvalue weighted by Gasteiger charge is -2.12. The van der Waals surface area contributed by atoms with Gasteiger partial charge in [0.2, 0.25) is 0 Å². The molecular formula is C23H14ClF3N2. The molecule has 144 valence electrons. The van der Waals surface area contributed by atoms with Gasteiger partial charge in [-0.2, -0.15) is 13.2 Å². The monoisotopic (exact) mass is 410 g/mol. The van der Waals surface area contributed by atoms with E-state index in [1.807, 2.05) is 36.4 Å². The highest BCUT2D eigenvalue weighted by Gasteiger charge is 2.34. The van der Waals surface area contributed by atoms with Crippen LogP contribution in [0.4, 0.5) is 13.2 Å². The normalized spacial score (nSPS) is 11.4. The van der Waals surface area contributed by atoms with Crippen molar-refractivity contribution in [2.45, 2.75) is 6.18 Å². The summed E-state index contributed by atoms with van der Waals surface area (Å²) in [5.74, 6) is 0.0163. The van der Waals surface area contributed by atoms with Gasteiger partial charge in [-0.05, 0) is 35.4 Å². The fraction of sp³-hybridized carbons (Fsp3) is 0.0435. The molecule has 2 nitrogen and oxygen atoms in total. The number of halogens is 4. The molecule has 0 atom stereocenters. The first-order chi connectivity index (χ1) is 13.9. The maximum absolute atomic E-state index is 13.5. The van der Waals surface area contributed by atoms with E-state index < -0.39 is 11.9 Å². The first-order valence-corrected chi connectivity index (χ1v) is 9.16. The highest BCUT2D eigenvalue weighted by atomic mass is 35.5. The van der Waals surface area contributed by atoms with Crippen molar-refractivity contribution in [2.75, 3.05) is 0 Å². The molecule has 0 aliphatic heterocycles. The van der Waals surface area contributed by atoms with Gasteiger partial charge >= 0.3 is 6.18 Å². The molecule has 3 aromatic carbocycles. The summed E-state index contributed by atoms with van der Waals surface area (Å²) in [5.41, 5.74) is 2.06. The van der Waals surface area contributed by atoms with Crippen molar-refractivity contribution in [3.63, 3.8) is 0 Å². The molecule has 0 radical (unpaired) electrons. The molecule has 1 aromatic heterocycles. The number of hydrogen-bond donors (Lipinski definition) is 0. The Kier molecular flexibility index (Phi) is 5.07. The Morgan fingerprint density at radius 2 is 1.28 bits per heavy atom. The van der Waals surface area contributed by atoms with Gasteiger partial charge in [-0.15, -0.1) is 0 Å². The Labute approximate surface area is 170 Å². The standard InChI is InChI=1S/C23H14ClF3N2/c24-19-11-9-16(10-12-19)20-14-21(23(25,26)27)29-22(28-20)18-8-4-7-17(13-18)15-5-2-1-3-6-15/h1-14H. The van der Waals surface area contributed by atoms with Crippen molar-refractivity contribution >= 4 is 11.6 Å². The maximum Gasteiger partial charge on any atom is 0.433 e. The molecule has 4 rings (SSSR count). The minimum Gasteiger partial charge on any atom is -0.228 e. The van der Waals surface area contributed by atoms with E-state index in [9.17, 15) is 13.2 Å². The summed E-state index contributed by atoms with van der Waals surface area (Å²) in [6.07, 6.45) is -4.59. The third kappa shape index (κ3) is 4.30. The zero-order valence-corrected chi connectivity index (χ0v) is 15.7. The quantitative estimate of drug-likeness (QED) is 0.358. The highest BCUT2D eigenvalue weighted by molar-refractivity contribution is 6.30. The van der Waals surface area contributed by atoms with Crippen LogP contribution in [0.5, 0.6) is 0 Å². The predicted molar refractivity (Wildman–Crippen MR) is 108 cm³/mol. The zero-order valence-electron chi connectivity index (χ0n) is 15.0. The lowest BCUT2D eigenvalue weighted by Crippen LogP contribution is -2.10. The Balaban J connectivity index is 1.85. The van der Waals surface area contributed by atoms with Crippen LogP contribution in [0.15, 0.2) is 84.9 Å². The summed E-state index contributed by atoms with van der Waals surface area (Å²) in [6, 6.07) is 24.2. The molecule has 0 saturated carbocycles. The molecule has 0 spiro atoms. The van der Waals surface area contributed by atoms with E-state index in [0.29, 0.717) is 16.1 Å². The Morgan fingerprint density at radius 3 is 1.97 bits per heavy atom. The van der Waals surface area contributed by atoms with Gasteiger partial charge in [0.25, 0.3) is 0 Å². The van der Waals surface area contributed by atoms with Gasteiger partial charge in [-0.3, -0.25) is 0 Å². The number of benzene rings is 3. The smallest absolute Gasteiger partial charge is 0.228 e. The predicted octanol–water partition coefficient (Wildman–Crippen LogP) is 7.15. The SMILES string of the molecule is FC(F)(F)c1cc(-c2ccc(Cl)cc2)nc(-c2cccc(-c3ccccc3)c2)n1. The van der Waals surface area contributed by atoms with Crippen LogP contribution in [0.3, 0.4) is 0 Å². The first-order valence-electron chi connectivity index (χ1n) is 8.78. The van der Waals surface area contributed by atoms with Crippen LogP contribution in [0.25, 0.3) is 33.8 Å². The van der Waals surface area contributed by atoms with E-state index in [-0.39, 0.29) is 11.5 Å². The number of aromatic nitrogens is 2. The van der Waals surface area contributed by atoms with Gasteiger partial charge in [0.15, 0.2) is 5.82 Å². The lowest BCUT2D eigenvalue weighted by molar-refractivity contribution is -0.141. The van der Waals surface area contributed by atoms with Crippen molar-refractivity contribution in [1.29, 1.82) is 0 Å². The van der Waals surface area contributed by atoms with E-state index >= 15 is 0 Å². The third-order valence-electron chi connectivity index (χ3n) is 4.38. The molecule has 0 aliphatic carbocycles. The maximum atomic E-state index is 13.5. The van der Waals surface area contributed by atoms with E-state index in [4.69, 9.17) is 11.6 Å². The van der Waals surface area contributed by atoms with Crippen molar-refractivity contribution < 1.29 is 13.2 Å². The van der Waals surface area contributed by atoms with Crippen LogP contribution in [0.2, 0.25) is 5.02 Å². The number of alkyl halides is 3. The second-order valence-electron chi connectivity index (χ2n) is 6.41. The summed E-state index contributed by atoms with van der Waals surface area (Å²) >= 11 is 5.89. The summed E-state index contributed by atoms with van der Waals surface area (Å²) in [7, 11) is 0. The van der Waals surface area contributed by atoms with E-state index in [0.717, 1.165) is 17.2 Å². The second kappa shape index (κ2) is 7.68. The van der Waals surface area contributed by atoms with E-state index in [2.05, 4.69) is 9.97 Å². The lowest BCUT2D eigenvalue weighted by atomic mass is 10.0. The highest BCUT2D eigenvalue weighted by Crippen LogP contribution is 2.33. The Bertz CT molecular complexity index is 1140. The number of nitrogens with zero attached hydrogens (tertiary/aromatic N) is 2. The summed E-state index contributed by atoms with van der Waals surface area (Å²) < 4.78 is 40.4. The van der Waals surface area contributed by atoms with E-state index in [1.54, 1.807) is 42.5 Å². The van der Waals surface area contributed by atoms with Crippen LogP contribution in [-0.4, -0.2) is 9.97 Å². The topological polar surface area (TPSA) is 25.8 Å². The van der Waals surface area contributed by atoms with Gasteiger partial charge in [0.05, 0.1) is 5.69 Å². The first kappa shape index (κ1) is 19.2. The third-order valence-corrected chi connectivity index (χ3v) is 4.64. The van der Waals surface area contributed by atoms with Crippen LogP contribution in [-0.2, 0) is 6.18 Å². The number of rotatable bonds is 3. The second-order valence-corrected chi connectivity index (χ2v) is 6.85. The minimum absolute atomic E-state index is 0.0163. The molecule has 1 heterocycles. The molecule has 29 heavy (non-hydrogen) atoms.